The van der Waals surface area contributed by atoms with E-state index in [0.29, 0.717) is 29.4 Å². The Labute approximate surface area is 155 Å². The lowest BCUT2D eigenvalue weighted by molar-refractivity contribution is 0.0962. The lowest BCUT2D eigenvalue weighted by Gasteiger charge is -2.13. The molecule has 3 aromatic rings. The number of hydrogen-bond acceptors (Lipinski definition) is 7. The summed E-state index contributed by atoms with van der Waals surface area (Å²) in [6.45, 7) is 2.58. The molecule has 0 aliphatic heterocycles. The van der Waals surface area contributed by atoms with Crippen LogP contribution in [-0.4, -0.2) is 22.4 Å². The van der Waals surface area contributed by atoms with Crippen molar-refractivity contribution < 1.29 is 4.79 Å². The molecule has 3 rings (SSSR count). The quantitative estimate of drug-likeness (QED) is 0.478. The SMILES string of the molecule is Cc1ccccc1C(=O)NNc1ncnc(NCCc2cccs2)c1N. The van der Waals surface area contributed by atoms with Crippen LogP contribution in [0.3, 0.4) is 0 Å². The summed E-state index contributed by atoms with van der Waals surface area (Å²) in [6.07, 6.45) is 2.28. The Balaban J connectivity index is 1.60. The number of carbonyl (C=O) groups excluding carboxylic acids is 1. The first-order valence-corrected chi connectivity index (χ1v) is 9.02. The Morgan fingerprint density at radius 2 is 1.96 bits per heavy atom. The van der Waals surface area contributed by atoms with Crippen molar-refractivity contribution in [2.75, 3.05) is 23.0 Å². The molecule has 0 spiro atoms. The number of hydrazine groups is 1. The van der Waals surface area contributed by atoms with Crippen molar-refractivity contribution in [2.24, 2.45) is 0 Å². The number of anilines is 3. The fraction of sp³-hybridized carbons (Fsp3) is 0.167. The number of nitrogen functional groups attached to an aromatic ring is 1. The summed E-state index contributed by atoms with van der Waals surface area (Å²) in [7, 11) is 0. The van der Waals surface area contributed by atoms with Crippen LogP contribution in [0, 0.1) is 6.92 Å². The van der Waals surface area contributed by atoms with E-state index in [0.717, 1.165) is 12.0 Å². The molecule has 26 heavy (non-hydrogen) atoms. The zero-order valence-corrected chi connectivity index (χ0v) is 15.1. The van der Waals surface area contributed by atoms with Gasteiger partial charge in [0.15, 0.2) is 11.6 Å². The van der Waals surface area contributed by atoms with E-state index in [1.54, 1.807) is 17.4 Å². The van der Waals surface area contributed by atoms with E-state index >= 15 is 0 Å². The van der Waals surface area contributed by atoms with Crippen molar-refractivity contribution in [3.8, 4) is 0 Å². The monoisotopic (exact) mass is 368 g/mol. The number of aryl methyl sites for hydroxylation is 1. The number of hydrogen-bond donors (Lipinski definition) is 4. The lowest BCUT2D eigenvalue weighted by Crippen LogP contribution is -2.31. The summed E-state index contributed by atoms with van der Waals surface area (Å²) in [5.74, 6) is 0.623. The van der Waals surface area contributed by atoms with E-state index in [1.807, 2.05) is 36.6 Å². The minimum Gasteiger partial charge on any atom is -0.393 e. The lowest BCUT2D eigenvalue weighted by atomic mass is 10.1. The Morgan fingerprint density at radius 1 is 1.15 bits per heavy atom. The maximum Gasteiger partial charge on any atom is 0.269 e. The predicted molar refractivity (Wildman–Crippen MR) is 105 cm³/mol. The van der Waals surface area contributed by atoms with Crippen molar-refractivity contribution in [1.29, 1.82) is 0 Å². The molecule has 2 aromatic heterocycles. The summed E-state index contributed by atoms with van der Waals surface area (Å²) in [4.78, 5) is 21.8. The highest BCUT2D eigenvalue weighted by molar-refractivity contribution is 7.09. The van der Waals surface area contributed by atoms with Crippen LogP contribution in [0.5, 0.6) is 0 Å². The Hall–Kier alpha value is -3.13. The fourth-order valence-corrected chi connectivity index (χ4v) is 3.11. The molecular formula is C18H20N6OS. The zero-order chi connectivity index (χ0) is 18.4. The van der Waals surface area contributed by atoms with E-state index in [-0.39, 0.29) is 5.91 Å². The maximum atomic E-state index is 12.3. The summed E-state index contributed by atoms with van der Waals surface area (Å²) in [6, 6.07) is 11.4. The van der Waals surface area contributed by atoms with Crippen LogP contribution in [0.2, 0.25) is 0 Å². The molecule has 0 aliphatic rings. The molecule has 0 bridgehead atoms. The van der Waals surface area contributed by atoms with E-state index in [4.69, 9.17) is 5.73 Å². The molecule has 134 valence electrons. The normalized spacial score (nSPS) is 10.3. The van der Waals surface area contributed by atoms with Crippen LogP contribution in [0.25, 0.3) is 0 Å². The van der Waals surface area contributed by atoms with Crippen molar-refractivity contribution in [2.45, 2.75) is 13.3 Å². The van der Waals surface area contributed by atoms with E-state index in [2.05, 4.69) is 32.2 Å². The highest BCUT2D eigenvalue weighted by atomic mass is 32.1. The second-order valence-electron chi connectivity index (χ2n) is 5.63. The minimum atomic E-state index is -0.256. The number of rotatable bonds is 7. The Bertz CT molecular complexity index is 881. The molecule has 0 saturated carbocycles. The average molecular weight is 368 g/mol. The number of amides is 1. The van der Waals surface area contributed by atoms with Gasteiger partial charge in [-0.15, -0.1) is 11.3 Å². The molecule has 2 heterocycles. The number of nitrogens with one attached hydrogen (secondary N) is 3. The van der Waals surface area contributed by atoms with Crippen molar-refractivity contribution in [3.05, 3.63) is 64.1 Å². The molecule has 0 aliphatic carbocycles. The third kappa shape index (κ3) is 4.28. The van der Waals surface area contributed by atoms with Crippen molar-refractivity contribution in [1.82, 2.24) is 15.4 Å². The van der Waals surface area contributed by atoms with Gasteiger partial charge in [0.25, 0.3) is 5.91 Å². The molecule has 0 radical (unpaired) electrons. The van der Waals surface area contributed by atoms with Crippen molar-refractivity contribution >= 4 is 34.6 Å². The number of nitrogens with zero attached hydrogens (tertiary/aromatic N) is 2. The second-order valence-corrected chi connectivity index (χ2v) is 6.67. The van der Waals surface area contributed by atoms with E-state index in [1.165, 1.54) is 11.2 Å². The van der Waals surface area contributed by atoms with Crippen LogP contribution >= 0.6 is 11.3 Å². The van der Waals surface area contributed by atoms with Gasteiger partial charge < -0.3 is 11.1 Å². The van der Waals surface area contributed by atoms with Crippen LogP contribution in [0.4, 0.5) is 17.3 Å². The van der Waals surface area contributed by atoms with Crippen molar-refractivity contribution in [3.63, 3.8) is 0 Å². The molecule has 1 amide bonds. The summed E-state index contributed by atoms with van der Waals surface area (Å²) < 4.78 is 0. The molecule has 0 fully saturated rings. The van der Waals surface area contributed by atoms with Gasteiger partial charge in [-0.25, -0.2) is 9.97 Å². The predicted octanol–water partition coefficient (Wildman–Crippen LogP) is 2.84. The number of aromatic nitrogens is 2. The smallest absolute Gasteiger partial charge is 0.269 e. The molecule has 7 nitrogen and oxygen atoms in total. The van der Waals surface area contributed by atoms with E-state index in [9.17, 15) is 4.79 Å². The number of benzene rings is 1. The van der Waals surface area contributed by atoms with Gasteiger partial charge in [-0.2, -0.15) is 0 Å². The fourth-order valence-electron chi connectivity index (χ4n) is 2.41. The maximum absolute atomic E-state index is 12.3. The van der Waals surface area contributed by atoms with Gasteiger partial charge in [0.1, 0.15) is 12.0 Å². The third-order valence-electron chi connectivity index (χ3n) is 3.81. The Kier molecular flexibility index (Phi) is 5.65. The van der Waals surface area contributed by atoms with Gasteiger partial charge in [0.2, 0.25) is 0 Å². The number of thiophene rings is 1. The third-order valence-corrected chi connectivity index (χ3v) is 4.75. The summed E-state index contributed by atoms with van der Waals surface area (Å²) in [5, 5.41) is 5.25. The van der Waals surface area contributed by atoms with Gasteiger partial charge in [0, 0.05) is 17.0 Å². The first-order valence-electron chi connectivity index (χ1n) is 8.14. The first kappa shape index (κ1) is 17.7. The van der Waals surface area contributed by atoms with Gasteiger partial charge in [-0.05, 0) is 36.4 Å². The molecule has 5 N–H and O–H groups in total. The van der Waals surface area contributed by atoms with Gasteiger partial charge >= 0.3 is 0 Å². The van der Waals surface area contributed by atoms with Gasteiger partial charge in [-0.3, -0.25) is 15.6 Å². The number of carbonyl (C=O) groups is 1. The molecule has 0 atom stereocenters. The highest BCUT2D eigenvalue weighted by Gasteiger charge is 2.11. The van der Waals surface area contributed by atoms with Gasteiger partial charge in [-0.1, -0.05) is 24.3 Å². The largest absolute Gasteiger partial charge is 0.393 e. The van der Waals surface area contributed by atoms with Crippen LogP contribution in [0.15, 0.2) is 48.1 Å². The molecule has 0 saturated heterocycles. The average Bonchev–Trinajstić information content (AvgIpc) is 3.16. The molecule has 0 unspecified atom stereocenters. The number of nitrogens with two attached hydrogens (primary N) is 1. The standard InChI is InChI=1S/C18H20N6OS/c1-12-5-2-3-7-14(12)18(25)24-23-17-15(19)16(21-11-22-17)20-9-8-13-6-4-10-26-13/h2-7,10-11H,8-9,19H2,1H3,(H,24,25)(H2,20,21,22,23). The van der Waals surface area contributed by atoms with Gasteiger partial charge in [0.05, 0.1) is 0 Å². The minimum absolute atomic E-state index is 0.256. The van der Waals surface area contributed by atoms with Crippen LogP contribution in [0.1, 0.15) is 20.8 Å². The Morgan fingerprint density at radius 3 is 2.73 bits per heavy atom. The van der Waals surface area contributed by atoms with Crippen LogP contribution < -0.4 is 21.9 Å². The summed E-state index contributed by atoms with van der Waals surface area (Å²) in [5.41, 5.74) is 13.3. The highest BCUT2D eigenvalue weighted by Crippen LogP contribution is 2.22. The second kappa shape index (κ2) is 8.30. The summed E-state index contributed by atoms with van der Waals surface area (Å²) >= 11 is 1.71. The first-order chi connectivity index (χ1) is 12.6. The molecule has 1 aromatic carbocycles. The zero-order valence-electron chi connectivity index (χ0n) is 14.3. The molecular weight excluding hydrogens is 348 g/mol. The van der Waals surface area contributed by atoms with E-state index < -0.39 is 0 Å². The topological polar surface area (TPSA) is 105 Å². The van der Waals surface area contributed by atoms with Crippen LogP contribution in [-0.2, 0) is 6.42 Å². The molecule has 8 heteroatoms.